The topological polar surface area (TPSA) is 36.3 Å². The Kier molecular flexibility index (Phi) is 7.84. The summed E-state index contributed by atoms with van der Waals surface area (Å²) >= 11 is 13.1. The predicted molar refractivity (Wildman–Crippen MR) is 171 cm³/mol. The van der Waals surface area contributed by atoms with E-state index < -0.39 is 0 Å². The van der Waals surface area contributed by atoms with E-state index in [1.54, 1.807) is 0 Å². The zero-order valence-electron chi connectivity index (χ0n) is 24.2. The molecule has 212 valence electrons. The quantitative estimate of drug-likeness (QED) is 0.309. The van der Waals surface area contributed by atoms with Crippen molar-refractivity contribution in [3.05, 3.63) is 76.3 Å². The lowest BCUT2D eigenvalue weighted by Gasteiger charge is -2.37. The lowest BCUT2D eigenvalue weighted by atomic mass is 9.91. The summed E-state index contributed by atoms with van der Waals surface area (Å²) in [6, 6.07) is 15.5. The molecule has 0 spiro atoms. The van der Waals surface area contributed by atoms with Crippen molar-refractivity contribution in [2.24, 2.45) is 11.8 Å². The molecule has 1 saturated carbocycles. The van der Waals surface area contributed by atoms with Gasteiger partial charge in [-0.1, -0.05) is 50.8 Å². The van der Waals surface area contributed by atoms with E-state index in [0.717, 1.165) is 35.2 Å². The van der Waals surface area contributed by atoms with Gasteiger partial charge in [0.25, 0.3) is 0 Å². The average Bonchev–Trinajstić information content (AvgIpc) is 3.43. The number of hydrogen-bond acceptors (Lipinski definition) is 3. The van der Waals surface area contributed by atoms with Crippen molar-refractivity contribution < 1.29 is 0 Å². The first-order valence-corrected chi connectivity index (χ1v) is 15.8. The fraction of sp³-hybridized carbons (Fsp3) is 0.515. The molecule has 7 heteroatoms. The highest BCUT2D eigenvalue weighted by molar-refractivity contribution is 7.80. The van der Waals surface area contributed by atoms with Crippen LogP contribution in [0.4, 0.5) is 11.4 Å². The molecular weight excluding hydrogens is 534 g/mol. The zero-order chi connectivity index (χ0) is 28.0. The molecule has 0 bridgehead atoms. The molecule has 0 unspecified atom stereocenters. The number of nitrogens with zero attached hydrogens (tertiary/aromatic N) is 4. The van der Waals surface area contributed by atoms with E-state index in [9.17, 15) is 0 Å². The number of anilines is 2. The summed E-state index contributed by atoms with van der Waals surface area (Å²) in [6.07, 6.45) is 9.64. The van der Waals surface area contributed by atoms with Crippen molar-refractivity contribution in [2.75, 3.05) is 22.9 Å². The standard InChI is InChI=1S/C33H42ClN5S/c1-21-16-22(2)20-37(19-21)30-14-13-26(18-28(30)34)39-32(31(36-33(39)40)29-12-8-9-15-35-29)27-17-23(3)38(24(27)4)25-10-6-5-7-11-25/h8-9,12-15,17-18,21-22,25,31-32H,5-7,10-11,16,19-20H2,1-4H3,(H,36,40)/t21-,22+,31-,32+/m1/s1. The van der Waals surface area contributed by atoms with Crippen LogP contribution in [0, 0.1) is 25.7 Å². The average molecular weight is 576 g/mol. The van der Waals surface area contributed by atoms with E-state index in [1.165, 1.54) is 55.5 Å². The minimum atomic E-state index is -0.0590. The Balaban J connectivity index is 1.41. The number of benzene rings is 1. The van der Waals surface area contributed by atoms with Crippen LogP contribution in [0.15, 0.2) is 48.7 Å². The van der Waals surface area contributed by atoms with E-state index in [2.05, 4.69) is 83.8 Å². The maximum Gasteiger partial charge on any atom is 0.174 e. The van der Waals surface area contributed by atoms with Gasteiger partial charge in [0, 0.05) is 42.4 Å². The van der Waals surface area contributed by atoms with Crippen LogP contribution in [0.5, 0.6) is 0 Å². The fourth-order valence-corrected chi connectivity index (χ4v) is 8.35. The predicted octanol–water partition coefficient (Wildman–Crippen LogP) is 8.32. The van der Waals surface area contributed by atoms with E-state index in [4.69, 9.17) is 28.8 Å². The number of nitrogens with one attached hydrogen (secondary N) is 1. The molecule has 2 aliphatic heterocycles. The Bertz CT molecular complexity index is 1350. The number of rotatable bonds is 5. The van der Waals surface area contributed by atoms with Gasteiger partial charge >= 0.3 is 0 Å². The molecule has 0 radical (unpaired) electrons. The van der Waals surface area contributed by atoms with Gasteiger partial charge < -0.3 is 19.7 Å². The van der Waals surface area contributed by atoms with Crippen LogP contribution in [-0.4, -0.2) is 27.8 Å². The molecule has 4 heterocycles. The van der Waals surface area contributed by atoms with Crippen LogP contribution in [0.1, 0.15) is 93.1 Å². The van der Waals surface area contributed by atoms with Gasteiger partial charge in [-0.3, -0.25) is 4.98 Å². The maximum absolute atomic E-state index is 7.05. The van der Waals surface area contributed by atoms with Gasteiger partial charge in [0.1, 0.15) is 0 Å². The van der Waals surface area contributed by atoms with Crippen molar-refractivity contribution >= 4 is 40.3 Å². The van der Waals surface area contributed by atoms with Crippen LogP contribution in [0.2, 0.25) is 5.02 Å². The van der Waals surface area contributed by atoms with Gasteiger partial charge in [0.2, 0.25) is 0 Å². The number of aromatic nitrogens is 2. The molecule has 1 aliphatic carbocycles. The van der Waals surface area contributed by atoms with Crippen LogP contribution in [0.3, 0.4) is 0 Å². The normalized spacial score (nSPS) is 25.9. The van der Waals surface area contributed by atoms with Crippen molar-refractivity contribution in [1.29, 1.82) is 0 Å². The number of piperidine rings is 1. The Morgan fingerprint density at radius 3 is 2.40 bits per heavy atom. The molecule has 3 aromatic rings. The van der Waals surface area contributed by atoms with Gasteiger partial charge in [-0.25, -0.2) is 0 Å². The number of hydrogen-bond donors (Lipinski definition) is 1. The van der Waals surface area contributed by atoms with Crippen molar-refractivity contribution in [1.82, 2.24) is 14.9 Å². The Morgan fingerprint density at radius 1 is 0.975 bits per heavy atom. The third kappa shape index (κ3) is 5.14. The van der Waals surface area contributed by atoms with E-state index >= 15 is 0 Å². The summed E-state index contributed by atoms with van der Waals surface area (Å²) < 4.78 is 2.60. The molecule has 2 aromatic heterocycles. The largest absolute Gasteiger partial charge is 0.370 e. The third-order valence-electron chi connectivity index (χ3n) is 9.30. The molecule has 6 rings (SSSR count). The van der Waals surface area contributed by atoms with Gasteiger partial charge in [0.15, 0.2) is 5.11 Å². The van der Waals surface area contributed by atoms with Gasteiger partial charge in [-0.15, -0.1) is 0 Å². The first kappa shape index (κ1) is 27.6. The molecule has 1 aromatic carbocycles. The number of pyridine rings is 1. The van der Waals surface area contributed by atoms with E-state index in [-0.39, 0.29) is 12.1 Å². The summed E-state index contributed by atoms with van der Waals surface area (Å²) in [4.78, 5) is 9.50. The lowest BCUT2D eigenvalue weighted by Crippen LogP contribution is -2.38. The third-order valence-corrected chi connectivity index (χ3v) is 9.92. The second kappa shape index (κ2) is 11.4. The smallest absolute Gasteiger partial charge is 0.174 e. The molecule has 2 saturated heterocycles. The second-order valence-electron chi connectivity index (χ2n) is 12.5. The van der Waals surface area contributed by atoms with Crippen LogP contribution < -0.4 is 15.1 Å². The summed E-state index contributed by atoms with van der Waals surface area (Å²) in [7, 11) is 0. The highest BCUT2D eigenvalue weighted by Gasteiger charge is 2.42. The summed E-state index contributed by atoms with van der Waals surface area (Å²) in [6.45, 7) is 11.3. The van der Waals surface area contributed by atoms with Crippen molar-refractivity contribution in [3.8, 4) is 0 Å². The van der Waals surface area contributed by atoms with Crippen LogP contribution in [0.25, 0.3) is 0 Å². The van der Waals surface area contributed by atoms with Gasteiger partial charge in [0.05, 0.1) is 28.5 Å². The van der Waals surface area contributed by atoms with Crippen LogP contribution >= 0.6 is 23.8 Å². The minimum Gasteiger partial charge on any atom is -0.370 e. The van der Waals surface area contributed by atoms with E-state index in [1.807, 2.05) is 12.3 Å². The molecule has 5 nitrogen and oxygen atoms in total. The number of aryl methyl sites for hydroxylation is 1. The zero-order valence-corrected chi connectivity index (χ0v) is 25.8. The van der Waals surface area contributed by atoms with E-state index in [0.29, 0.717) is 23.0 Å². The molecule has 3 fully saturated rings. The van der Waals surface area contributed by atoms with Gasteiger partial charge in [-0.05, 0) is 99.1 Å². The molecule has 3 aliphatic rings. The minimum absolute atomic E-state index is 0.0251. The lowest BCUT2D eigenvalue weighted by molar-refractivity contribution is 0.345. The monoisotopic (exact) mass is 575 g/mol. The van der Waals surface area contributed by atoms with Crippen molar-refractivity contribution in [2.45, 2.75) is 84.3 Å². The first-order valence-electron chi connectivity index (χ1n) is 15.0. The summed E-state index contributed by atoms with van der Waals surface area (Å²) in [5.41, 5.74) is 7.12. The SMILES string of the molecule is Cc1cc([C@H]2[C@@H](c3ccccn3)NC(=S)N2c2ccc(N3C[C@H](C)C[C@H](C)C3)c(Cl)c2)c(C)n1C1CCCCC1. The maximum atomic E-state index is 7.05. The Morgan fingerprint density at radius 2 is 1.73 bits per heavy atom. The fourth-order valence-electron chi connectivity index (χ4n) is 7.71. The van der Waals surface area contributed by atoms with Crippen LogP contribution in [-0.2, 0) is 0 Å². The summed E-state index contributed by atoms with van der Waals surface area (Å²) in [5.74, 6) is 1.33. The highest BCUT2D eigenvalue weighted by Crippen LogP contribution is 2.46. The molecule has 40 heavy (non-hydrogen) atoms. The number of halogens is 1. The second-order valence-corrected chi connectivity index (χ2v) is 13.3. The van der Waals surface area contributed by atoms with Gasteiger partial charge in [-0.2, -0.15) is 0 Å². The number of thiocarbonyl (C=S) groups is 1. The Labute approximate surface area is 249 Å². The molecule has 0 amide bonds. The van der Waals surface area contributed by atoms with Crippen molar-refractivity contribution in [3.63, 3.8) is 0 Å². The first-order chi connectivity index (χ1) is 19.3. The Hall–Kier alpha value is -2.57. The molecule has 1 N–H and O–H groups in total. The highest BCUT2D eigenvalue weighted by atomic mass is 35.5. The summed E-state index contributed by atoms with van der Waals surface area (Å²) in [5, 5.41) is 5.15. The molecular formula is C33H42ClN5S. The molecule has 4 atom stereocenters.